The Morgan fingerprint density at radius 3 is 1.79 bits per heavy atom. The highest BCUT2D eigenvalue weighted by Gasteiger charge is 2.60. The normalized spacial score (nSPS) is 15.3. The maximum Gasteiger partial charge on any atom is 0.369 e. The second-order valence-electron chi connectivity index (χ2n) is 3.99. The molecular formula is C9H14O8P2. The maximum atomic E-state index is 11.1. The van der Waals surface area contributed by atoms with Gasteiger partial charge in [0, 0.05) is 6.42 Å². The molecule has 0 amide bonds. The molecule has 0 radical (unpaired) electrons. The van der Waals surface area contributed by atoms with Gasteiger partial charge in [-0.05, 0) is 5.56 Å². The SMILES string of the molecule is O=P(O)(O)C(O)(CC(O)c1ccccc1)P(=O)(O)O. The molecule has 108 valence electrons. The molecule has 10 heteroatoms. The zero-order valence-electron chi connectivity index (χ0n) is 9.57. The lowest BCUT2D eigenvalue weighted by molar-refractivity contribution is 0.0632. The largest absolute Gasteiger partial charge is 0.388 e. The number of benzene rings is 1. The number of hydrogen-bond acceptors (Lipinski definition) is 4. The van der Waals surface area contributed by atoms with E-state index in [1.165, 1.54) is 24.3 Å². The van der Waals surface area contributed by atoms with E-state index in [9.17, 15) is 19.3 Å². The summed E-state index contributed by atoms with van der Waals surface area (Å²) in [4.78, 5) is 35.7. The summed E-state index contributed by atoms with van der Waals surface area (Å²) in [5.41, 5.74) is 0.169. The van der Waals surface area contributed by atoms with Crippen molar-refractivity contribution >= 4 is 15.2 Å². The minimum atomic E-state index is -5.55. The Bertz CT molecular complexity index is 496. The first kappa shape index (κ1) is 16.5. The van der Waals surface area contributed by atoms with Crippen molar-refractivity contribution < 1.29 is 38.9 Å². The molecule has 0 aromatic heterocycles. The zero-order chi connectivity index (χ0) is 14.9. The Kier molecular flexibility index (Phi) is 4.72. The van der Waals surface area contributed by atoms with Crippen LogP contribution in [-0.2, 0) is 9.13 Å². The number of aliphatic hydroxyl groups excluding tert-OH is 1. The van der Waals surface area contributed by atoms with Crippen molar-refractivity contribution in [2.45, 2.75) is 17.6 Å². The van der Waals surface area contributed by atoms with Gasteiger partial charge >= 0.3 is 15.2 Å². The molecule has 0 spiro atoms. The first-order chi connectivity index (χ1) is 8.49. The number of aliphatic hydroxyl groups is 2. The Hall–Kier alpha value is -0.560. The first-order valence-corrected chi connectivity index (χ1v) is 8.28. The summed E-state index contributed by atoms with van der Waals surface area (Å²) in [6.45, 7) is 0. The van der Waals surface area contributed by atoms with E-state index in [2.05, 4.69) is 0 Å². The molecule has 1 aromatic rings. The lowest BCUT2D eigenvalue weighted by atomic mass is 10.1. The summed E-state index contributed by atoms with van der Waals surface area (Å²) in [5, 5.41) is 15.8. The summed E-state index contributed by atoms with van der Waals surface area (Å²) in [6, 6.07) is 7.45. The van der Waals surface area contributed by atoms with Crippen LogP contribution >= 0.6 is 15.2 Å². The molecule has 0 aliphatic carbocycles. The molecular weight excluding hydrogens is 298 g/mol. The summed E-state index contributed by atoms with van der Waals surface area (Å²) in [7, 11) is -11.1. The van der Waals surface area contributed by atoms with E-state index in [0.29, 0.717) is 0 Å². The fraction of sp³-hybridized carbons (Fsp3) is 0.333. The standard InChI is InChI=1S/C9H14O8P2/c10-8(7-4-2-1-3-5-7)6-9(11,18(12,13)14)19(15,16)17/h1-5,8,10-11H,6H2,(H2,12,13,14)(H2,15,16,17). The van der Waals surface area contributed by atoms with Crippen molar-refractivity contribution in [3.8, 4) is 0 Å². The number of rotatable bonds is 5. The monoisotopic (exact) mass is 312 g/mol. The highest BCUT2D eigenvalue weighted by Crippen LogP contribution is 2.69. The molecule has 0 aliphatic heterocycles. The van der Waals surface area contributed by atoms with E-state index < -0.39 is 32.8 Å². The van der Waals surface area contributed by atoms with Crippen molar-refractivity contribution in [1.29, 1.82) is 0 Å². The Morgan fingerprint density at radius 2 is 1.42 bits per heavy atom. The van der Waals surface area contributed by atoms with E-state index in [0.717, 1.165) is 0 Å². The van der Waals surface area contributed by atoms with E-state index >= 15 is 0 Å². The summed E-state index contributed by atoms with van der Waals surface area (Å²) in [5.74, 6) is 0. The van der Waals surface area contributed by atoms with Crippen molar-refractivity contribution in [3.05, 3.63) is 35.9 Å². The molecule has 1 rings (SSSR count). The molecule has 0 saturated carbocycles. The molecule has 0 bridgehead atoms. The molecule has 1 atom stereocenters. The third-order valence-electron chi connectivity index (χ3n) is 2.58. The first-order valence-electron chi connectivity index (χ1n) is 5.06. The third-order valence-corrected chi connectivity index (χ3v) is 6.38. The lowest BCUT2D eigenvalue weighted by Crippen LogP contribution is -2.31. The Morgan fingerprint density at radius 1 is 1.00 bits per heavy atom. The van der Waals surface area contributed by atoms with E-state index in [1.54, 1.807) is 6.07 Å². The third kappa shape index (κ3) is 3.51. The summed E-state index contributed by atoms with van der Waals surface area (Å²) < 4.78 is 22.2. The van der Waals surface area contributed by atoms with Gasteiger partial charge in [-0.25, -0.2) is 0 Å². The van der Waals surface area contributed by atoms with Gasteiger partial charge in [0.15, 0.2) is 0 Å². The highest BCUT2D eigenvalue weighted by atomic mass is 31.2. The maximum absolute atomic E-state index is 11.1. The van der Waals surface area contributed by atoms with Crippen LogP contribution in [0.5, 0.6) is 0 Å². The van der Waals surface area contributed by atoms with Crippen LogP contribution in [0.25, 0.3) is 0 Å². The molecule has 0 fully saturated rings. The van der Waals surface area contributed by atoms with Crippen molar-refractivity contribution in [1.82, 2.24) is 0 Å². The van der Waals surface area contributed by atoms with Gasteiger partial charge in [0.05, 0.1) is 6.10 Å². The van der Waals surface area contributed by atoms with Crippen LogP contribution < -0.4 is 0 Å². The van der Waals surface area contributed by atoms with Gasteiger partial charge in [-0.3, -0.25) is 9.13 Å². The van der Waals surface area contributed by atoms with E-state index in [1.807, 2.05) is 0 Å². The second kappa shape index (κ2) is 5.44. The minimum Gasteiger partial charge on any atom is -0.388 e. The molecule has 8 nitrogen and oxygen atoms in total. The fourth-order valence-electron chi connectivity index (χ4n) is 1.46. The van der Waals surface area contributed by atoms with Crippen LogP contribution in [0.2, 0.25) is 0 Å². The van der Waals surface area contributed by atoms with E-state index in [4.69, 9.17) is 19.6 Å². The van der Waals surface area contributed by atoms with Gasteiger partial charge in [-0.2, -0.15) is 0 Å². The van der Waals surface area contributed by atoms with Crippen LogP contribution in [0.3, 0.4) is 0 Å². The molecule has 6 N–H and O–H groups in total. The molecule has 19 heavy (non-hydrogen) atoms. The highest BCUT2D eigenvalue weighted by molar-refractivity contribution is 7.72. The van der Waals surface area contributed by atoms with Crippen molar-refractivity contribution in [2.24, 2.45) is 0 Å². The predicted molar refractivity (Wildman–Crippen MR) is 65.1 cm³/mol. The molecule has 1 aromatic carbocycles. The van der Waals surface area contributed by atoms with Gasteiger partial charge in [0.1, 0.15) is 0 Å². The Balaban J connectivity index is 3.12. The average Bonchev–Trinajstić information content (AvgIpc) is 2.27. The van der Waals surface area contributed by atoms with Crippen molar-refractivity contribution in [3.63, 3.8) is 0 Å². The molecule has 0 aliphatic rings. The molecule has 0 saturated heterocycles. The van der Waals surface area contributed by atoms with Gasteiger partial charge < -0.3 is 29.8 Å². The second-order valence-corrected chi connectivity index (χ2v) is 8.00. The van der Waals surface area contributed by atoms with Crippen LogP contribution in [0.15, 0.2) is 30.3 Å². The van der Waals surface area contributed by atoms with Crippen LogP contribution in [0.4, 0.5) is 0 Å². The average molecular weight is 312 g/mol. The van der Waals surface area contributed by atoms with Gasteiger partial charge in [-0.1, -0.05) is 30.3 Å². The van der Waals surface area contributed by atoms with Crippen LogP contribution in [-0.4, -0.2) is 34.9 Å². The quantitative estimate of drug-likeness (QED) is 0.418. The topological polar surface area (TPSA) is 156 Å². The predicted octanol–water partition coefficient (Wildman–Crippen LogP) is 0.112. The van der Waals surface area contributed by atoms with Gasteiger partial charge in [0.2, 0.25) is 0 Å². The van der Waals surface area contributed by atoms with Crippen LogP contribution in [0, 0.1) is 0 Å². The lowest BCUT2D eigenvalue weighted by Gasteiger charge is -2.31. The Labute approximate surface area is 108 Å². The smallest absolute Gasteiger partial charge is 0.369 e. The zero-order valence-corrected chi connectivity index (χ0v) is 11.4. The molecule has 1 unspecified atom stereocenters. The minimum absolute atomic E-state index is 0.169. The van der Waals surface area contributed by atoms with Crippen LogP contribution in [0.1, 0.15) is 18.1 Å². The van der Waals surface area contributed by atoms with Gasteiger partial charge in [0.25, 0.3) is 5.08 Å². The summed E-state index contributed by atoms with van der Waals surface area (Å²) >= 11 is 0. The van der Waals surface area contributed by atoms with E-state index in [-0.39, 0.29) is 5.56 Å². The molecule has 0 heterocycles. The van der Waals surface area contributed by atoms with Gasteiger partial charge in [-0.15, -0.1) is 0 Å². The van der Waals surface area contributed by atoms with Crippen molar-refractivity contribution in [2.75, 3.05) is 0 Å². The summed E-state index contributed by atoms with van der Waals surface area (Å²) in [6.07, 6.45) is -2.82. The number of hydrogen-bond donors (Lipinski definition) is 6. The fourth-order valence-corrected chi connectivity index (χ4v) is 3.64.